The van der Waals surface area contributed by atoms with Gasteiger partial charge in [0.05, 0.1) is 13.2 Å². The Morgan fingerprint density at radius 3 is 1.69 bits per heavy atom. The largest absolute Gasteiger partial charge is 0.394 e. The van der Waals surface area contributed by atoms with Gasteiger partial charge < -0.3 is 79.7 Å². The van der Waals surface area contributed by atoms with Crippen LogP contribution in [0.3, 0.4) is 0 Å². The maximum atomic E-state index is 15.1. The highest BCUT2D eigenvalue weighted by atomic mass is 32.1. The summed E-state index contributed by atoms with van der Waals surface area (Å²) in [6.07, 6.45) is 2.73. The predicted molar refractivity (Wildman–Crippen MR) is 359 cm³/mol. The fourth-order valence-corrected chi connectivity index (χ4v) is 11.9. The molecular weight excluding hydrogens is 1270 g/mol. The average molecular weight is 1380 g/mol. The summed E-state index contributed by atoms with van der Waals surface area (Å²) >= 11 is 8.88. The van der Waals surface area contributed by atoms with Gasteiger partial charge in [-0.3, -0.25) is 77.5 Å². The number of nitrogens with zero attached hydrogens (tertiary/aromatic N) is 4. The van der Waals surface area contributed by atoms with E-state index in [0.29, 0.717) is 38.5 Å². The molecule has 538 valence electrons. The molecule has 3 aliphatic rings. The van der Waals surface area contributed by atoms with E-state index in [4.69, 9.17) is 29.8 Å². The van der Waals surface area contributed by atoms with Crippen molar-refractivity contribution in [2.45, 2.75) is 237 Å². The standard InChI is InChI=1S/C62H108N16O15S2/c1-14-32(4)35(7)46(82)75-55(94)54(90)72-41(31-80)49(85)68-38(22-18-26-66-59(64)65)48(84)71-40(30-79)50(86)70-39(29-60(9,10)11)56(91)76-27-19-23-42(76)57(92)77-28-20-24-62(77)58(93)78(62)44(34(6)16-3)52(88)74-45(61(12,13)95)53(89)73-43(33(5)15-2)51(87)69-37(21-17-25-63)47(83)67-36(8)81/h32-35,37-45,55,79-80,94-95H,14-31,63H2,1-13H3,(H,68,85)(H,69,87)(H,70,86)(H,71,84)(H,72,90)(H,73,89)(H,74,88)(H,75,82)(H4,64,65,66)(H,67,81,83)/t32-,33-,34-,35-,37-,38-,39-,40-,41-,42-,43-,44-,45-,55-,62-,78?/m0/s1. The fraction of sp³-hybridized carbons (Fsp3) is 0.774. The van der Waals surface area contributed by atoms with Crippen molar-refractivity contribution >= 4 is 108 Å². The Labute approximate surface area is 568 Å². The molecule has 13 amide bonds. The third kappa shape index (κ3) is 22.9. The molecule has 15 atom stereocenters. The van der Waals surface area contributed by atoms with E-state index < -0.39 is 183 Å². The van der Waals surface area contributed by atoms with E-state index in [1.807, 2.05) is 20.8 Å². The molecule has 1 spiro atoms. The number of hydrogen-bond donors (Lipinski definition) is 16. The van der Waals surface area contributed by atoms with Crippen molar-refractivity contribution in [3.8, 4) is 0 Å². The summed E-state index contributed by atoms with van der Waals surface area (Å²) in [7, 11) is 0. The molecule has 3 aliphatic heterocycles. The minimum atomic E-state index is -1.74. The molecule has 3 rings (SSSR count). The summed E-state index contributed by atoms with van der Waals surface area (Å²) in [5.74, 6) is -11.8. The van der Waals surface area contributed by atoms with Gasteiger partial charge in [-0.15, -0.1) is 12.6 Å². The van der Waals surface area contributed by atoms with Crippen LogP contribution >= 0.6 is 25.3 Å². The summed E-state index contributed by atoms with van der Waals surface area (Å²) < 4.78 is -1.30. The van der Waals surface area contributed by atoms with Gasteiger partial charge >= 0.3 is 0 Å². The van der Waals surface area contributed by atoms with Crippen LogP contribution in [0.1, 0.15) is 167 Å². The lowest BCUT2D eigenvalue weighted by atomic mass is 9.87. The number of thiol groups is 2. The van der Waals surface area contributed by atoms with E-state index in [2.05, 4.69) is 65.5 Å². The highest BCUT2D eigenvalue weighted by molar-refractivity contribution is 7.82. The second-order valence-corrected chi connectivity index (χ2v) is 28.7. The molecule has 3 heterocycles. The minimum Gasteiger partial charge on any atom is -0.394 e. The highest BCUT2D eigenvalue weighted by Crippen LogP contribution is 2.50. The van der Waals surface area contributed by atoms with Gasteiger partial charge in [-0.1, -0.05) is 88.5 Å². The van der Waals surface area contributed by atoms with Crippen molar-refractivity contribution in [1.82, 2.24) is 62.6 Å². The minimum absolute atomic E-state index is 0.0115. The van der Waals surface area contributed by atoms with Crippen LogP contribution in [0.2, 0.25) is 0 Å². The second-order valence-electron chi connectivity index (χ2n) is 27.0. The molecule has 0 unspecified atom stereocenters. The first-order valence-electron chi connectivity index (χ1n) is 32.9. The number of imide groups is 1. The normalized spacial score (nSPS) is 20.3. The Bertz CT molecular complexity index is 2780. The Kier molecular flexibility index (Phi) is 32.1. The summed E-state index contributed by atoms with van der Waals surface area (Å²) in [4.78, 5) is 189. The lowest BCUT2D eigenvalue weighted by Gasteiger charge is -2.36. The van der Waals surface area contributed by atoms with E-state index in [0.717, 1.165) is 6.92 Å². The van der Waals surface area contributed by atoms with Crippen LogP contribution in [0.15, 0.2) is 4.99 Å². The van der Waals surface area contributed by atoms with Crippen LogP contribution in [0.25, 0.3) is 0 Å². The number of aliphatic hydroxyl groups excluding tert-OH is 2. The number of carbonyl (C=O) groups is 13. The lowest BCUT2D eigenvalue weighted by Crippen LogP contribution is -2.63. The van der Waals surface area contributed by atoms with E-state index in [9.17, 15) is 67.7 Å². The zero-order chi connectivity index (χ0) is 72.2. The van der Waals surface area contributed by atoms with Crippen molar-refractivity contribution in [2.75, 3.05) is 39.4 Å². The number of carbonyl (C=O) groups excluding carboxylic acids is 13. The Morgan fingerprint density at radius 1 is 0.642 bits per heavy atom. The van der Waals surface area contributed by atoms with E-state index in [1.54, 1.807) is 62.3 Å². The van der Waals surface area contributed by atoms with E-state index in [1.165, 1.54) is 14.7 Å². The summed E-state index contributed by atoms with van der Waals surface area (Å²) in [6.45, 7) is 20.6. The summed E-state index contributed by atoms with van der Waals surface area (Å²) in [5, 5.41) is 42.1. The predicted octanol–water partition coefficient (Wildman–Crippen LogP) is -2.37. The van der Waals surface area contributed by atoms with Gasteiger partial charge in [-0.2, -0.15) is 12.6 Å². The van der Waals surface area contributed by atoms with Crippen LogP contribution in [-0.2, 0) is 62.3 Å². The topological polar surface area (TPSA) is 471 Å². The molecule has 17 N–H and O–H groups in total. The third-order valence-electron chi connectivity index (χ3n) is 17.8. The number of rotatable bonds is 37. The first kappa shape index (κ1) is 82.4. The Morgan fingerprint density at radius 2 is 1.17 bits per heavy atom. The zero-order valence-corrected chi connectivity index (χ0v) is 59.2. The van der Waals surface area contributed by atoms with Crippen LogP contribution < -0.4 is 65.1 Å². The molecule has 0 bridgehead atoms. The fourth-order valence-electron chi connectivity index (χ4n) is 11.5. The first-order chi connectivity index (χ1) is 44.3. The van der Waals surface area contributed by atoms with Crippen LogP contribution in [0, 0.1) is 29.1 Å². The van der Waals surface area contributed by atoms with Gasteiger partial charge in [-0.05, 0) is 94.9 Å². The van der Waals surface area contributed by atoms with Crippen LogP contribution in [-0.4, -0.2) is 217 Å². The molecule has 0 saturated carbocycles. The molecule has 0 aliphatic carbocycles. The SMILES string of the molecule is CC[C@H](C)[C@H](C)C(=O)N[C@@H](S)C(=O)N[C@@H](CO)C(=O)N[C@@H](CCCN=C(N)N)C(=O)N[C@@H](CO)C(=O)N[C@@H](CC(C)(C)C)C(=O)N1CCC[C@H]1C(=O)N1CCC[C@]12C(=O)N2[C@H](C(=O)N[C@@H](C(=O)N[C@H](C(=O)N[C@@H](CCCN)C(=O)NC(C)=O)[C@@H](C)CC)C(C)(C)S)[C@@H](C)CC. The molecule has 0 radical (unpaired) electrons. The molecule has 95 heavy (non-hydrogen) atoms. The number of hydrogen-bond acceptors (Lipinski definition) is 19. The van der Waals surface area contributed by atoms with Gasteiger partial charge in [0.2, 0.25) is 65.0 Å². The number of likely N-dealkylation sites (tertiary alicyclic amines) is 2. The number of nitrogens with one attached hydrogen (secondary N) is 9. The maximum Gasteiger partial charge on any atom is 0.272 e. The quantitative estimate of drug-likeness (QED) is 0.00772. The van der Waals surface area contributed by atoms with Gasteiger partial charge in [0.25, 0.3) is 11.8 Å². The van der Waals surface area contributed by atoms with E-state index >= 15 is 4.79 Å². The zero-order valence-electron chi connectivity index (χ0n) is 57.4. The lowest BCUT2D eigenvalue weighted by molar-refractivity contribution is -0.148. The number of guanidine groups is 1. The summed E-state index contributed by atoms with van der Waals surface area (Å²) in [6, 6.07) is -12.5. The van der Waals surface area contributed by atoms with E-state index in [-0.39, 0.29) is 76.6 Å². The maximum absolute atomic E-state index is 15.1. The van der Waals surface area contributed by atoms with Crippen molar-refractivity contribution in [2.24, 2.45) is 51.3 Å². The molecule has 3 saturated heterocycles. The summed E-state index contributed by atoms with van der Waals surface area (Å²) in [5.41, 5.74) is 14.4. The van der Waals surface area contributed by atoms with Gasteiger partial charge in [0, 0.05) is 43.6 Å². The Hall–Kier alpha value is -6.84. The molecule has 0 aromatic rings. The molecule has 3 fully saturated rings. The average Bonchev–Trinajstić information content (AvgIpc) is 1.52. The van der Waals surface area contributed by atoms with Gasteiger partial charge in [0.15, 0.2) is 17.0 Å². The van der Waals surface area contributed by atoms with Gasteiger partial charge in [-0.25, -0.2) is 0 Å². The van der Waals surface area contributed by atoms with Gasteiger partial charge in [0.1, 0.15) is 54.4 Å². The molecule has 31 nitrogen and oxygen atoms in total. The Balaban J connectivity index is 1.90. The number of aliphatic imine (C=N–C) groups is 1. The number of nitrogens with two attached hydrogens (primary N) is 3. The first-order valence-corrected chi connectivity index (χ1v) is 33.9. The molecule has 0 aromatic heterocycles. The monoisotopic (exact) mass is 1380 g/mol. The van der Waals surface area contributed by atoms with Crippen molar-refractivity contribution in [3.63, 3.8) is 0 Å². The molecular formula is C62H108N16O15S2. The number of aliphatic hydroxyl groups is 2. The molecule has 33 heteroatoms. The van der Waals surface area contributed by atoms with Crippen LogP contribution in [0.5, 0.6) is 0 Å². The highest BCUT2D eigenvalue weighted by Gasteiger charge is 2.73. The van der Waals surface area contributed by atoms with Crippen molar-refractivity contribution < 1.29 is 72.5 Å². The van der Waals surface area contributed by atoms with Crippen molar-refractivity contribution in [1.29, 1.82) is 0 Å². The van der Waals surface area contributed by atoms with Crippen molar-refractivity contribution in [3.05, 3.63) is 0 Å². The smallest absolute Gasteiger partial charge is 0.272 e. The van der Waals surface area contributed by atoms with Crippen LogP contribution in [0.4, 0.5) is 0 Å². The second kappa shape index (κ2) is 37.0. The molecule has 0 aromatic carbocycles. The third-order valence-corrected chi connectivity index (χ3v) is 18.5. The number of amides is 13.